The number of rotatable bonds is 4. The van der Waals surface area contributed by atoms with Gasteiger partial charge in [-0.2, -0.15) is 5.10 Å². The molecule has 88 valence electrons. The van der Waals surface area contributed by atoms with Crippen molar-refractivity contribution in [2.24, 2.45) is 5.92 Å². The van der Waals surface area contributed by atoms with Crippen LogP contribution in [0.4, 0.5) is 0 Å². The number of aromatic nitrogens is 2. The Balaban J connectivity index is 2.06. The van der Waals surface area contributed by atoms with E-state index in [-0.39, 0.29) is 11.9 Å². The number of hydrogen-bond acceptors (Lipinski definition) is 2. The summed E-state index contributed by atoms with van der Waals surface area (Å²) < 4.78 is 1.79. The quantitative estimate of drug-likeness (QED) is 0.838. The Morgan fingerprint density at radius 2 is 2.12 bits per heavy atom. The van der Waals surface area contributed by atoms with E-state index in [2.05, 4.69) is 24.3 Å². The summed E-state index contributed by atoms with van der Waals surface area (Å²) >= 11 is 0. The van der Waals surface area contributed by atoms with Crippen LogP contribution in [0.25, 0.3) is 0 Å². The number of nitrogens with zero attached hydrogens (tertiary/aromatic N) is 2. The lowest BCUT2D eigenvalue weighted by atomic mass is 10.1. The standard InChI is InChI=1S/C12H19N3O/c1-9(2)10(3)14-11(16)12(5-6-12)15-8-4-7-13-15/h4,7-10H,5-6H2,1-3H3,(H,14,16). The Labute approximate surface area is 96.0 Å². The van der Waals surface area contributed by atoms with Gasteiger partial charge in [-0.3, -0.25) is 9.48 Å². The summed E-state index contributed by atoms with van der Waals surface area (Å²) in [4.78, 5) is 12.2. The summed E-state index contributed by atoms with van der Waals surface area (Å²) in [7, 11) is 0. The minimum Gasteiger partial charge on any atom is -0.351 e. The molecule has 0 bridgehead atoms. The third kappa shape index (κ3) is 1.84. The summed E-state index contributed by atoms with van der Waals surface area (Å²) in [5, 5.41) is 7.25. The maximum absolute atomic E-state index is 12.2. The van der Waals surface area contributed by atoms with Crippen LogP contribution in [0.3, 0.4) is 0 Å². The van der Waals surface area contributed by atoms with Crippen molar-refractivity contribution in [1.29, 1.82) is 0 Å². The van der Waals surface area contributed by atoms with E-state index in [9.17, 15) is 4.79 Å². The molecule has 1 aliphatic carbocycles. The number of carbonyl (C=O) groups is 1. The lowest BCUT2D eigenvalue weighted by Crippen LogP contribution is -2.45. The molecule has 1 N–H and O–H groups in total. The first kappa shape index (κ1) is 11.2. The highest BCUT2D eigenvalue weighted by Gasteiger charge is 2.52. The molecule has 0 aromatic carbocycles. The summed E-state index contributed by atoms with van der Waals surface area (Å²) in [5.41, 5.74) is -0.396. The molecule has 0 saturated heterocycles. The Morgan fingerprint density at radius 1 is 1.44 bits per heavy atom. The maximum Gasteiger partial charge on any atom is 0.248 e. The fraction of sp³-hybridized carbons (Fsp3) is 0.667. The lowest BCUT2D eigenvalue weighted by Gasteiger charge is -2.22. The Morgan fingerprint density at radius 3 is 2.56 bits per heavy atom. The molecule has 4 heteroatoms. The normalized spacial score (nSPS) is 19.5. The van der Waals surface area contributed by atoms with Crippen molar-refractivity contribution in [1.82, 2.24) is 15.1 Å². The van der Waals surface area contributed by atoms with E-state index in [4.69, 9.17) is 0 Å². The molecular weight excluding hydrogens is 202 g/mol. The van der Waals surface area contributed by atoms with Gasteiger partial charge in [0.25, 0.3) is 0 Å². The van der Waals surface area contributed by atoms with Crippen LogP contribution < -0.4 is 5.32 Å². The average Bonchev–Trinajstić information content (AvgIpc) is 2.87. The first-order chi connectivity index (χ1) is 7.56. The largest absolute Gasteiger partial charge is 0.351 e. The molecule has 1 heterocycles. The highest BCUT2D eigenvalue weighted by Crippen LogP contribution is 2.43. The molecule has 1 amide bonds. The van der Waals surface area contributed by atoms with Gasteiger partial charge >= 0.3 is 0 Å². The van der Waals surface area contributed by atoms with Crippen molar-refractivity contribution in [3.63, 3.8) is 0 Å². The molecule has 2 rings (SSSR count). The van der Waals surface area contributed by atoms with Gasteiger partial charge in [-0.05, 0) is 31.7 Å². The fourth-order valence-electron chi connectivity index (χ4n) is 1.71. The van der Waals surface area contributed by atoms with E-state index in [1.54, 1.807) is 10.9 Å². The van der Waals surface area contributed by atoms with Gasteiger partial charge in [-0.25, -0.2) is 0 Å². The zero-order valence-electron chi connectivity index (χ0n) is 10.1. The molecule has 1 fully saturated rings. The Kier molecular flexibility index (Phi) is 2.74. The van der Waals surface area contributed by atoms with Crippen molar-refractivity contribution in [2.75, 3.05) is 0 Å². The first-order valence-corrected chi connectivity index (χ1v) is 5.87. The summed E-state index contributed by atoms with van der Waals surface area (Å²) in [6.07, 6.45) is 5.38. The monoisotopic (exact) mass is 221 g/mol. The highest BCUT2D eigenvalue weighted by molar-refractivity contribution is 5.87. The van der Waals surface area contributed by atoms with Gasteiger partial charge in [-0.1, -0.05) is 13.8 Å². The van der Waals surface area contributed by atoms with Gasteiger partial charge in [0.2, 0.25) is 5.91 Å². The van der Waals surface area contributed by atoms with Crippen LogP contribution >= 0.6 is 0 Å². The molecule has 0 aliphatic heterocycles. The molecule has 1 saturated carbocycles. The lowest BCUT2D eigenvalue weighted by molar-refractivity contribution is -0.126. The third-order valence-corrected chi connectivity index (χ3v) is 3.45. The van der Waals surface area contributed by atoms with Gasteiger partial charge in [0.1, 0.15) is 5.54 Å². The smallest absolute Gasteiger partial charge is 0.248 e. The minimum atomic E-state index is -0.396. The molecule has 0 radical (unpaired) electrons. The first-order valence-electron chi connectivity index (χ1n) is 5.87. The predicted molar refractivity (Wildman–Crippen MR) is 61.9 cm³/mol. The molecule has 16 heavy (non-hydrogen) atoms. The predicted octanol–water partition coefficient (Wildman–Crippen LogP) is 1.53. The van der Waals surface area contributed by atoms with E-state index in [0.29, 0.717) is 5.92 Å². The van der Waals surface area contributed by atoms with Crippen molar-refractivity contribution in [2.45, 2.75) is 45.2 Å². The second-order valence-electron chi connectivity index (χ2n) is 4.99. The minimum absolute atomic E-state index is 0.109. The fourth-order valence-corrected chi connectivity index (χ4v) is 1.71. The van der Waals surface area contributed by atoms with Gasteiger partial charge in [0.15, 0.2) is 0 Å². The molecular formula is C12H19N3O. The molecule has 4 nitrogen and oxygen atoms in total. The Hall–Kier alpha value is -1.32. The number of amides is 1. The van der Waals surface area contributed by atoms with Crippen LogP contribution in [0.15, 0.2) is 18.5 Å². The molecule has 1 aromatic rings. The molecule has 1 aliphatic rings. The van der Waals surface area contributed by atoms with E-state index in [0.717, 1.165) is 12.8 Å². The van der Waals surface area contributed by atoms with Crippen LogP contribution in [-0.4, -0.2) is 21.7 Å². The number of carbonyl (C=O) groups excluding carboxylic acids is 1. The summed E-state index contributed by atoms with van der Waals surface area (Å²) in [6.45, 7) is 6.26. The maximum atomic E-state index is 12.2. The van der Waals surface area contributed by atoms with Gasteiger partial charge in [-0.15, -0.1) is 0 Å². The number of hydrogen-bond donors (Lipinski definition) is 1. The zero-order valence-corrected chi connectivity index (χ0v) is 10.1. The second kappa shape index (κ2) is 3.92. The van der Waals surface area contributed by atoms with Gasteiger partial charge in [0.05, 0.1) is 0 Å². The van der Waals surface area contributed by atoms with Gasteiger partial charge in [0, 0.05) is 18.4 Å². The van der Waals surface area contributed by atoms with Crippen molar-refractivity contribution < 1.29 is 4.79 Å². The van der Waals surface area contributed by atoms with Crippen LogP contribution in [0.2, 0.25) is 0 Å². The average molecular weight is 221 g/mol. The van der Waals surface area contributed by atoms with Gasteiger partial charge < -0.3 is 5.32 Å². The van der Waals surface area contributed by atoms with E-state index in [1.165, 1.54) is 0 Å². The summed E-state index contributed by atoms with van der Waals surface area (Å²) in [5.74, 6) is 0.565. The Bertz CT molecular complexity index is 366. The molecule has 1 atom stereocenters. The van der Waals surface area contributed by atoms with Crippen LogP contribution in [0.5, 0.6) is 0 Å². The molecule has 1 aromatic heterocycles. The van der Waals surface area contributed by atoms with E-state index >= 15 is 0 Å². The molecule has 0 spiro atoms. The van der Waals surface area contributed by atoms with Crippen molar-refractivity contribution in [3.05, 3.63) is 18.5 Å². The molecule has 1 unspecified atom stereocenters. The second-order valence-corrected chi connectivity index (χ2v) is 4.99. The zero-order chi connectivity index (χ0) is 11.8. The highest BCUT2D eigenvalue weighted by atomic mass is 16.2. The SMILES string of the molecule is CC(C)C(C)NC(=O)C1(n2cccn2)CC1. The third-order valence-electron chi connectivity index (χ3n) is 3.45. The van der Waals surface area contributed by atoms with Crippen LogP contribution in [-0.2, 0) is 10.3 Å². The topological polar surface area (TPSA) is 46.9 Å². The number of nitrogens with one attached hydrogen (secondary N) is 1. The van der Waals surface area contributed by atoms with Crippen molar-refractivity contribution >= 4 is 5.91 Å². The van der Waals surface area contributed by atoms with Crippen LogP contribution in [0.1, 0.15) is 33.6 Å². The van der Waals surface area contributed by atoms with E-state index < -0.39 is 5.54 Å². The van der Waals surface area contributed by atoms with E-state index in [1.807, 2.05) is 19.2 Å². The summed E-state index contributed by atoms with van der Waals surface area (Å²) in [6, 6.07) is 2.07. The van der Waals surface area contributed by atoms with Crippen LogP contribution in [0, 0.1) is 5.92 Å². The van der Waals surface area contributed by atoms with Crippen molar-refractivity contribution in [3.8, 4) is 0 Å².